The van der Waals surface area contributed by atoms with Crippen LogP contribution in [-0.2, 0) is 13.0 Å². The van der Waals surface area contributed by atoms with E-state index in [1.165, 1.54) is 22.4 Å². The van der Waals surface area contributed by atoms with Crippen LogP contribution in [0.1, 0.15) is 23.6 Å². The molecule has 2 heteroatoms. The number of fused-ring (bicyclic) bond motifs is 1. The summed E-state index contributed by atoms with van der Waals surface area (Å²) in [5, 5.41) is 0. The Morgan fingerprint density at radius 1 is 1.16 bits per heavy atom. The number of hydrogen-bond acceptors (Lipinski definition) is 2. The first-order valence-corrected chi connectivity index (χ1v) is 6.82. The molecule has 2 aromatic rings. The summed E-state index contributed by atoms with van der Waals surface area (Å²) in [4.78, 5) is 2.28. The summed E-state index contributed by atoms with van der Waals surface area (Å²) in [6.07, 6.45) is 1.07. The average molecular weight is 253 g/mol. The highest BCUT2D eigenvalue weighted by molar-refractivity contribution is 5.52. The molecule has 3 rings (SSSR count). The van der Waals surface area contributed by atoms with Gasteiger partial charge in [-0.05, 0) is 37.1 Å². The van der Waals surface area contributed by atoms with Crippen molar-refractivity contribution >= 4 is 5.69 Å². The minimum atomic E-state index is 0.628. The van der Waals surface area contributed by atoms with Gasteiger partial charge < -0.3 is 9.64 Å². The third-order valence-electron chi connectivity index (χ3n) is 3.64. The van der Waals surface area contributed by atoms with Crippen molar-refractivity contribution in [1.29, 1.82) is 0 Å². The van der Waals surface area contributed by atoms with Crippen LogP contribution in [-0.4, -0.2) is 6.73 Å². The molecular weight excluding hydrogens is 234 g/mol. The maximum absolute atomic E-state index is 5.84. The lowest BCUT2D eigenvalue weighted by atomic mass is 10.1. The van der Waals surface area contributed by atoms with Gasteiger partial charge in [0.2, 0.25) is 0 Å². The van der Waals surface area contributed by atoms with Crippen molar-refractivity contribution < 1.29 is 4.74 Å². The summed E-state index contributed by atoms with van der Waals surface area (Å²) in [6.45, 7) is 5.86. The Morgan fingerprint density at radius 3 is 2.89 bits per heavy atom. The maximum Gasteiger partial charge on any atom is 0.161 e. The van der Waals surface area contributed by atoms with Gasteiger partial charge >= 0.3 is 0 Å². The number of benzene rings is 2. The molecule has 0 saturated carbocycles. The van der Waals surface area contributed by atoms with Gasteiger partial charge in [-0.2, -0.15) is 0 Å². The molecule has 0 unspecified atom stereocenters. The van der Waals surface area contributed by atoms with Crippen molar-refractivity contribution in [3.63, 3.8) is 0 Å². The van der Waals surface area contributed by atoms with Crippen LogP contribution in [0.4, 0.5) is 5.69 Å². The zero-order chi connectivity index (χ0) is 13.2. The Morgan fingerprint density at radius 2 is 2.05 bits per heavy atom. The van der Waals surface area contributed by atoms with Crippen LogP contribution in [0.25, 0.3) is 0 Å². The van der Waals surface area contributed by atoms with Crippen molar-refractivity contribution in [3.05, 3.63) is 59.2 Å². The number of anilines is 1. The summed E-state index contributed by atoms with van der Waals surface area (Å²) in [7, 11) is 0. The largest absolute Gasteiger partial charge is 0.473 e. The summed E-state index contributed by atoms with van der Waals surface area (Å²) in [5.41, 5.74) is 5.17. The Hall–Kier alpha value is -1.96. The maximum atomic E-state index is 5.84. The number of nitrogens with zero attached hydrogens (tertiary/aromatic N) is 1. The molecule has 0 fully saturated rings. The van der Waals surface area contributed by atoms with Gasteiger partial charge in [0, 0.05) is 17.8 Å². The van der Waals surface area contributed by atoms with Gasteiger partial charge in [-0.1, -0.05) is 36.8 Å². The van der Waals surface area contributed by atoms with E-state index in [1.54, 1.807) is 0 Å². The predicted octanol–water partition coefficient (Wildman–Crippen LogP) is 3.91. The molecule has 1 aliphatic rings. The number of aryl methyl sites for hydroxylation is 2. The van der Waals surface area contributed by atoms with Crippen LogP contribution in [0.5, 0.6) is 5.75 Å². The fourth-order valence-electron chi connectivity index (χ4n) is 2.51. The molecule has 1 heterocycles. The summed E-state index contributed by atoms with van der Waals surface area (Å²) in [6, 6.07) is 15.1. The lowest BCUT2D eigenvalue weighted by Gasteiger charge is -2.31. The van der Waals surface area contributed by atoms with E-state index in [0.717, 1.165) is 18.7 Å². The van der Waals surface area contributed by atoms with Crippen LogP contribution < -0.4 is 9.64 Å². The van der Waals surface area contributed by atoms with Crippen LogP contribution in [0.15, 0.2) is 42.5 Å². The second kappa shape index (κ2) is 4.96. The minimum absolute atomic E-state index is 0.628. The monoisotopic (exact) mass is 253 g/mol. The molecule has 2 nitrogen and oxygen atoms in total. The van der Waals surface area contributed by atoms with Crippen molar-refractivity contribution in [2.45, 2.75) is 26.8 Å². The quantitative estimate of drug-likeness (QED) is 0.804. The van der Waals surface area contributed by atoms with Crippen LogP contribution in [0.3, 0.4) is 0 Å². The van der Waals surface area contributed by atoms with E-state index in [4.69, 9.17) is 4.74 Å². The number of ether oxygens (including phenoxy) is 1. The van der Waals surface area contributed by atoms with E-state index < -0.39 is 0 Å². The van der Waals surface area contributed by atoms with Crippen molar-refractivity contribution in [2.24, 2.45) is 0 Å². The third kappa shape index (κ3) is 2.43. The van der Waals surface area contributed by atoms with E-state index in [0.29, 0.717) is 6.73 Å². The van der Waals surface area contributed by atoms with Crippen LogP contribution in [0, 0.1) is 6.92 Å². The van der Waals surface area contributed by atoms with Gasteiger partial charge in [0.15, 0.2) is 6.73 Å². The highest BCUT2D eigenvalue weighted by Gasteiger charge is 2.17. The molecule has 0 bridgehead atoms. The van der Waals surface area contributed by atoms with Gasteiger partial charge in [0.05, 0.1) is 0 Å². The molecule has 0 radical (unpaired) electrons. The van der Waals surface area contributed by atoms with Gasteiger partial charge in [0.25, 0.3) is 0 Å². The Kier molecular flexibility index (Phi) is 3.16. The van der Waals surface area contributed by atoms with Crippen molar-refractivity contribution in [1.82, 2.24) is 0 Å². The highest BCUT2D eigenvalue weighted by Crippen LogP contribution is 2.29. The molecule has 98 valence electrons. The Bertz CT molecular complexity index is 592. The van der Waals surface area contributed by atoms with Gasteiger partial charge in [-0.15, -0.1) is 0 Å². The number of rotatable bonds is 2. The van der Waals surface area contributed by atoms with Crippen molar-refractivity contribution in [3.8, 4) is 5.75 Å². The summed E-state index contributed by atoms with van der Waals surface area (Å²) < 4.78 is 5.84. The highest BCUT2D eigenvalue weighted by atomic mass is 16.5. The zero-order valence-electron chi connectivity index (χ0n) is 11.5. The van der Waals surface area contributed by atoms with Crippen molar-refractivity contribution in [2.75, 3.05) is 11.6 Å². The van der Waals surface area contributed by atoms with Gasteiger partial charge in [-0.25, -0.2) is 0 Å². The lowest BCUT2D eigenvalue weighted by Crippen LogP contribution is -2.31. The smallest absolute Gasteiger partial charge is 0.161 e. The normalized spacial score (nSPS) is 13.9. The molecule has 0 aliphatic carbocycles. The average Bonchev–Trinajstić information content (AvgIpc) is 2.46. The molecule has 19 heavy (non-hydrogen) atoms. The van der Waals surface area contributed by atoms with Crippen LogP contribution in [0.2, 0.25) is 0 Å². The fourth-order valence-corrected chi connectivity index (χ4v) is 2.51. The van der Waals surface area contributed by atoms with Gasteiger partial charge in [0.1, 0.15) is 5.75 Å². The van der Waals surface area contributed by atoms with E-state index in [2.05, 4.69) is 61.2 Å². The molecule has 0 amide bonds. The molecule has 2 aromatic carbocycles. The molecule has 0 N–H and O–H groups in total. The van der Waals surface area contributed by atoms with E-state index >= 15 is 0 Å². The number of hydrogen-bond donors (Lipinski definition) is 0. The van der Waals surface area contributed by atoms with E-state index in [9.17, 15) is 0 Å². The van der Waals surface area contributed by atoms with Crippen LogP contribution >= 0.6 is 0 Å². The summed E-state index contributed by atoms with van der Waals surface area (Å²) in [5.74, 6) is 1.02. The van der Waals surface area contributed by atoms with E-state index in [-0.39, 0.29) is 0 Å². The molecule has 0 spiro atoms. The predicted molar refractivity (Wildman–Crippen MR) is 78.7 cm³/mol. The standard InChI is InChI=1S/C17H19NO/c1-3-14-5-4-6-16(10-14)18-11-15-9-13(2)7-8-17(15)19-12-18/h4-10H,3,11-12H2,1-2H3. The van der Waals surface area contributed by atoms with Gasteiger partial charge in [-0.3, -0.25) is 0 Å². The minimum Gasteiger partial charge on any atom is -0.473 e. The summed E-state index contributed by atoms with van der Waals surface area (Å²) >= 11 is 0. The molecule has 0 atom stereocenters. The molecule has 0 saturated heterocycles. The van der Waals surface area contributed by atoms with E-state index in [1.807, 2.05) is 0 Å². The molecular formula is C17H19NO. The first-order valence-electron chi connectivity index (χ1n) is 6.82. The molecule has 1 aliphatic heterocycles. The third-order valence-corrected chi connectivity index (χ3v) is 3.64. The topological polar surface area (TPSA) is 12.5 Å². The first-order chi connectivity index (χ1) is 9.26. The second-order valence-corrected chi connectivity index (χ2v) is 5.11. The SMILES string of the molecule is CCc1cccc(N2COc3ccc(C)cc3C2)c1. The zero-order valence-corrected chi connectivity index (χ0v) is 11.5. The first kappa shape index (κ1) is 12.1. The second-order valence-electron chi connectivity index (χ2n) is 5.11. The molecule has 0 aromatic heterocycles. The fraction of sp³-hybridized carbons (Fsp3) is 0.294. The lowest BCUT2D eigenvalue weighted by molar-refractivity contribution is 0.289. The Balaban J connectivity index is 1.88. The Labute approximate surface area is 114 Å².